The molecule has 2 aromatic carbocycles. The van der Waals surface area contributed by atoms with Gasteiger partial charge in [0.15, 0.2) is 0 Å². The highest BCUT2D eigenvalue weighted by Crippen LogP contribution is 2.53. The van der Waals surface area contributed by atoms with E-state index in [0.717, 1.165) is 30.8 Å². The van der Waals surface area contributed by atoms with Gasteiger partial charge in [-0.2, -0.15) is 4.31 Å². The number of halogens is 1. The zero-order valence-corrected chi connectivity index (χ0v) is 25.9. The van der Waals surface area contributed by atoms with Gasteiger partial charge < -0.3 is 10.1 Å². The number of rotatable bonds is 15. The molecule has 1 aliphatic carbocycles. The van der Waals surface area contributed by atoms with Crippen molar-refractivity contribution in [3.05, 3.63) is 64.2 Å². The molecule has 0 amide bonds. The van der Waals surface area contributed by atoms with Crippen molar-refractivity contribution in [3.8, 4) is 5.75 Å². The number of fused-ring (bicyclic) bond motifs is 1. The molecule has 222 valence electrons. The summed E-state index contributed by atoms with van der Waals surface area (Å²) in [5.41, 5.74) is 3.85. The minimum absolute atomic E-state index is 0.00762. The monoisotopic (exact) mass is 611 g/mol. The Morgan fingerprint density at radius 3 is 2.40 bits per heavy atom. The summed E-state index contributed by atoms with van der Waals surface area (Å²) >= 11 is 6.18. The van der Waals surface area contributed by atoms with E-state index < -0.39 is 20.0 Å². The third-order valence-electron chi connectivity index (χ3n) is 8.01. The maximum Gasteiger partial charge on any atom is 0.214 e. The lowest BCUT2D eigenvalue weighted by atomic mass is 9.58. The van der Waals surface area contributed by atoms with E-state index in [9.17, 15) is 16.8 Å². The van der Waals surface area contributed by atoms with Gasteiger partial charge >= 0.3 is 0 Å². The summed E-state index contributed by atoms with van der Waals surface area (Å²) in [6.07, 6.45) is 5.31. The molecule has 2 N–H and O–H groups in total. The smallest absolute Gasteiger partial charge is 0.214 e. The second-order valence-electron chi connectivity index (χ2n) is 10.8. The van der Waals surface area contributed by atoms with Crippen molar-refractivity contribution < 1.29 is 21.6 Å². The van der Waals surface area contributed by atoms with Crippen LogP contribution in [0.3, 0.4) is 0 Å². The molecule has 1 aliphatic heterocycles. The summed E-state index contributed by atoms with van der Waals surface area (Å²) in [6, 6.07) is 14.6. The van der Waals surface area contributed by atoms with Crippen molar-refractivity contribution in [2.24, 2.45) is 0 Å². The first-order chi connectivity index (χ1) is 19.1. The van der Waals surface area contributed by atoms with Crippen LogP contribution in [0.5, 0.6) is 5.75 Å². The highest BCUT2D eigenvalue weighted by Gasteiger charge is 2.47. The molecular formula is C29H42ClN3O5S2. The summed E-state index contributed by atoms with van der Waals surface area (Å²) in [6.45, 7) is 4.93. The van der Waals surface area contributed by atoms with E-state index in [2.05, 4.69) is 34.3 Å². The highest BCUT2D eigenvalue weighted by molar-refractivity contribution is 7.89. The number of nitrogens with zero attached hydrogens (tertiary/aromatic N) is 1. The number of ether oxygens (including phenoxy) is 1. The summed E-state index contributed by atoms with van der Waals surface area (Å²) in [7, 11) is -6.94. The lowest BCUT2D eigenvalue weighted by Crippen LogP contribution is -2.49. The van der Waals surface area contributed by atoms with Crippen molar-refractivity contribution in [1.29, 1.82) is 0 Å². The lowest BCUT2D eigenvalue weighted by Gasteiger charge is -2.50. The minimum atomic E-state index is -3.53. The summed E-state index contributed by atoms with van der Waals surface area (Å²) in [5, 5.41) is 4.51. The molecular weight excluding hydrogens is 570 g/mol. The number of hydrogen-bond acceptors (Lipinski definition) is 6. The van der Waals surface area contributed by atoms with Crippen LogP contribution in [0.25, 0.3) is 0 Å². The third kappa shape index (κ3) is 7.38. The Labute approximate surface area is 244 Å². The Bertz CT molecular complexity index is 1350. The molecule has 0 saturated heterocycles. The second kappa shape index (κ2) is 13.5. The maximum atomic E-state index is 12.9. The summed E-state index contributed by atoms with van der Waals surface area (Å²) in [5.74, 6) is 0.730. The van der Waals surface area contributed by atoms with Crippen molar-refractivity contribution in [2.75, 3.05) is 44.3 Å². The minimum Gasteiger partial charge on any atom is -0.492 e. The molecule has 1 atom stereocenters. The van der Waals surface area contributed by atoms with E-state index in [1.807, 2.05) is 25.1 Å². The molecule has 1 heterocycles. The predicted molar refractivity (Wildman–Crippen MR) is 161 cm³/mol. The van der Waals surface area contributed by atoms with E-state index in [1.54, 1.807) is 6.92 Å². The second-order valence-corrected chi connectivity index (χ2v) is 15.2. The zero-order valence-electron chi connectivity index (χ0n) is 23.5. The Morgan fingerprint density at radius 1 is 1.02 bits per heavy atom. The molecule has 1 saturated carbocycles. The van der Waals surface area contributed by atoms with Crippen molar-refractivity contribution in [1.82, 2.24) is 14.3 Å². The van der Waals surface area contributed by atoms with Gasteiger partial charge in [-0.3, -0.25) is 0 Å². The van der Waals surface area contributed by atoms with Crippen LogP contribution in [0.2, 0.25) is 5.02 Å². The van der Waals surface area contributed by atoms with E-state index in [1.165, 1.54) is 27.4 Å². The van der Waals surface area contributed by atoms with Gasteiger partial charge in [-0.05, 0) is 79.6 Å². The van der Waals surface area contributed by atoms with Gasteiger partial charge in [0.2, 0.25) is 20.0 Å². The van der Waals surface area contributed by atoms with Crippen molar-refractivity contribution in [2.45, 2.75) is 63.8 Å². The largest absolute Gasteiger partial charge is 0.492 e. The first kappa shape index (κ1) is 31.3. The molecule has 1 fully saturated rings. The topological polar surface area (TPSA) is 105 Å². The van der Waals surface area contributed by atoms with Gasteiger partial charge in [0.25, 0.3) is 0 Å². The zero-order chi connectivity index (χ0) is 28.8. The van der Waals surface area contributed by atoms with E-state index in [0.29, 0.717) is 18.6 Å². The Morgan fingerprint density at radius 2 is 1.75 bits per heavy atom. The van der Waals surface area contributed by atoms with Gasteiger partial charge in [-0.1, -0.05) is 50.1 Å². The van der Waals surface area contributed by atoms with Gasteiger partial charge in [0, 0.05) is 36.1 Å². The van der Waals surface area contributed by atoms with Crippen LogP contribution in [0.1, 0.15) is 68.7 Å². The van der Waals surface area contributed by atoms with E-state index in [-0.39, 0.29) is 49.2 Å². The number of sulfonamides is 2. The molecule has 2 aliphatic rings. The van der Waals surface area contributed by atoms with Crippen molar-refractivity contribution in [3.63, 3.8) is 0 Å². The molecule has 0 radical (unpaired) electrons. The number of benzene rings is 2. The van der Waals surface area contributed by atoms with Crippen molar-refractivity contribution >= 4 is 31.6 Å². The van der Waals surface area contributed by atoms with Gasteiger partial charge in [0.05, 0.1) is 11.5 Å². The molecule has 4 rings (SSSR count). The molecule has 8 nitrogen and oxygen atoms in total. The van der Waals surface area contributed by atoms with Crippen LogP contribution in [0.15, 0.2) is 42.5 Å². The average molecular weight is 612 g/mol. The lowest BCUT2D eigenvalue weighted by molar-refractivity contribution is 0.164. The molecule has 40 heavy (non-hydrogen) atoms. The quantitative estimate of drug-likeness (QED) is 0.309. The molecule has 1 unspecified atom stereocenters. The van der Waals surface area contributed by atoms with E-state index in [4.69, 9.17) is 16.3 Å². The summed E-state index contributed by atoms with van der Waals surface area (Å²) < 4.78 is 59.7. The SMILES string of the molecule is CCCS(=O)(=O)NCCN(CCOc1ccc2c(c1)C(C1(c3ccc(Cl)cc3)CCC1)NCC2)S(=O)(=O)CCC. The number of nitrogens with one attached hydrogen (secondary N) is 2. The Kier molecular flexibility index (Phi) is 10.6. The number of hydrogen-bond donors (Lipinski definition) is 2. The normalized spacial score (nSPS) is 18.8. The standard InChI is InChI=1S/C29H42ClN3O5S2/c1-3-20-39(34,35)32-16-17-33(40(36,37)21-4-2)18-19-38-26-11-6-23-12-15-31-28(27(23)22-26)29(13-5-14-29)24-7-9-25(30)10-8-24/h6-11,22,28,31-32H,3-5,12-21H2,1-2H3. The fraction of sp³-hybridized carbons (Fsp3) is 0.586. The van der Waals surface area contributed by atoms with Crippen LogP contribution in [0, 0.1) is 0 Å². The van der Waals surface area contributed by atoms with Crippen LogP contribution < -0.4 is 14.8 Å². The maximum absolute atomic E-state index is 12.9. The Hall–Kier alpha value is -1.69. The molecule has 2 aromatic rings. The Balaban J connectivity index is 1.46. The molecule has 0 bridgehead atoms. The van der Waals surface area contributed by atoms with Gasteiger partial charge in [-0.25, -0.2) is 21.6 Å². The van der Waals surface area contributed by atoms with Gasteiger partial charge in [-0.15, -0.1) is 0 Å². The van der Waals surface area contributed by atoms with Crippen LogP contribution >= 0.6 is 11.6 Å². The fourth-order valence-corrected chi connectivity index (χ4v) is 8.61. The van der Waals surface area contributed by atoms with E-state index >= 15 is 0 Å². The molecule has 0 aromatic heterocycles. The first-order valence-corrected chi connectivity index (χ1v) is 17.9. The fourth-order valence-electron chi connectivity index (χ4n) is 5.91. The predicted octanol–water partition coefficient (Wildman–Crippen LogP) is 4.40. The summed E-state index contributed by atoms with van der Waals surface area (Å²) in [4.78, 5) is 0. The van der Waals surface area contributed by atoms with Crippen LogP contribution in [0.4, 0.5) is 0 Å². The molecule has 11 heteroatoms. The highest BCUT2D eigenvalue weighted by atomic mass is 35.5. The van der Waals surface area contributed by atoms with Crippen LogP contribution in [-0.4, -0.2) is 65.4 Å². The molecule has 0 spiro atoms. The van der Waals surface area contributed by atoms with Gasteiger partial charge in [0.1, 0.15) is 12.4 Å². The first-order valence-electron chi connectivity index (χ1n) is 14.3. The third-order valence-corrected chi connectivity index (χ3v) is 11.9. The van der Waals surface area contributed by atoms with Crippen LogP contribution in [-0.2, 0) is 31.9 Å². The average Bonchev–Trinajstić information content (AvgIpc) is 2.88.